The highest BCUT2D eigenvalue weighted by atomic mass is 32.1. The number of nitro benzene ring substituents is 1. The van der Waals surface area contributed by atoms with Gasteiger partial charge in [-0.3, -0.25) is 35.9 Å². The van der Waals surface area contributed by atoms with E-state index in [1.165, 1.54) is 30.3 Å². The van der Waals surface area contributed by atoms with Crippen molar-refractivity contribution >= 4 is 40.9 Å². The number of nitrogens with one attached hydrogen (secondary N) is 3. The zero-order chi connectivity index (χ0) is 18.9. The molecule has 0 radical (unpaired) electrons. The molecular formula is C17H14N4O4S. The minimum absolute atomic E-state index is 0.136. The zero-order valence-electron chi connectivity index (χ0n) is 13.3. The van der Waals surface area contributed by atoms with E-state index in [-0.39, 0.29) is 16.4 Å². The lowest BCUT2D eigenvalue weighted by atomic mass is 10.2. The van der Waals surface area contributed by atoms with Crippen LogP contribution in [0.5, 0.6) is 0 Å². The first-order valence-corrected chi connectivity index (χ1v) is 7.76. The normalized spacial score (nSPS) is 10.2. The highest BCUT2D eigenvalue weighted by molar-refractivity contribution is 7.80. The average molecular weight is 370 g/mol. The second-order valence-electron chi connectivity index (χ2n) is 4.92. The molecule has 0 aliphatic rings. The molecule has 0 heterocycles. The molecule has 2 amide bonds. The Kier molecular flexibility index (Phi) is 6.52. The summed E-state index contributed by atoms with van der Waals surface area (Å²) in [4.78, 5) is 34.0. The number of hydrogen-bond acceptors (Lipinski definition) is 5. The molecule has 0 saturated heterocycles. The third kappa shape index (κ3) is 5.49. The van der Waals surface area contributed by atoms with Crippen LogP contribution < -0.4 is 16.2 Å². The Labute approximate surface area is 154 Å². The smallest absolute Gasteiger partial charge is 0.282 e. The maximum absolute atomic E-state index is 12.0. The van der Waals surface area contributed by atoms with E-state index < -0.39 is 16.7 Å². The van der Waals surface area contributed by atoms with E-state index in [1.54, 1.807) is 6.08 Å². The highest BCUT2D eigenvalue weighted by Crippen LogP contribution is 2.16. The van der Waals surface area contributed by atoms with Gasteiger partial charge in [-0.15, -0.1) is 0 Å². The monoisotopic (exact) mass is 370 g/mol. The van der Waals surface area contributed by atoms with Crippen molar-refractivity contribution in [1.82, 2.24) is 16.2 Å². The summed E-state index contributed by atoms with van der Waals surface area (Å²) in [6, 6.07) is 14.6. The number of amides is 2. The fraction of sp³-hybridized carbons (Fsp3) is 0. The molecule has 9 heteroatoms. The summed E-state index contributed by atoms with van der Waals surface area (Å²) in [5.74, 6) is -1.25. The molecule has 132 valence electrons. The van der Waals surface area contributed by atoms with E-state index >= 15 is 0 Å². The Morgan fingerprint density at radius 2 is 1.65 bits per heavy atom. The summed E-state index contributed by atoms with van der Waals surface area (Å²) in [7, 11) is 0. The van der Waals surface area contributed by atoms with Gasteiger partial charge in [0.25, 0.3) is 11.6 Å². The lowest BCUT2D eigenvalue weighted by Crippen LogP contribution is -2.48. The Morgan fingerprint density at radius 3 is 2.35 bits per heavy atom. The molecule has 3 N–H and O–H groups in total. The van der Waals surface area contributed by atoms with Crippen LogP contribution in [0, 0.1) is 10.1 Å². The lowest BCUT2D eigenvalue weighted by molar-refractivity contribution is -0.385. The molecule has 0 atom stereocenters. The maximum atomic E-state index is 12.0. The molecule has 0 aliphatic carbocycles. The van der Waals surface area contributed by atoms with E-state index in [0.717, 1.165) is 5.56 Å². The number of para-hydroxylation sites is 1. The Hall–Kier alpha value is -3.59. The number of carbonyl (C=O) groups excluding carboxylic acids is 2. The molecule has 0 spiro atoms. The Balaban J connectivity index is 1.87. The standard InChI is InChI=1S/C17H14N4O4S/c22-15(11-10-12-6-2-1-3-7-12)18-17(26)20-19-16(23)13-8-4-5-9-14(13)21(24)25/h1-11H,(H,19,23)(H2,18,20,22,26)/b11-10+. The fourth-order valence-electron chi connectivity index (χ4n) is 1.93. The van der Waals surface area contributed by atoms with Crippen LogP contribution >= 0.6 is 12.2 Å². The Morgan fingerprint density at radius 1 is 1.00 bits per heavy atom. The summed E-state index contributed by atoms with van der Waals surface area (Å²) < 4.78 is 0. The van der Waals surface area contributed by atoms with Gasteiger partial charge in [-0.2, -0.15) is 0 Å². The first-order valence-electron chi connectivity index (χ1n) is 7.35. The summed E-state index contributed by atoms with van der Waals surface area (Å²) in [6.07, 6.45) is 2.89. The summed E-state index contributed by atoms with van der Waals surface area (Å²) in [5, 5.41) is 13.1. The van der Waals surface area contributed by atoms with Gasteiger partial charge in [0.1, 0.15) is 5.56 Å². The number of hydrazine groups is 1. The van der Waals surface area contributed by atoms with Crippen LogP contribution in [0.4, 0.5) is 5.69 Å². The third-order valence-corrected chi connectivity index (χ3v) is 3.30. The van der Waals surface area contributed by atoms with Crippen LogP contribution in [0.25, 0.3) is 6.08 Å². The molecule has 0 aliphatic heterocycles. The summed E-state index contributed by atoms with van der Waals surface area (Å²) >= 11 is 4.89. The van der Waals surface area contributed by atoms with Gasteiger partial charge in [-0.05, 0) is 29.9 Å². The second-order valence-corrected chi connectivity index (χ2v) is 5.32. The minimum Gasteiger partial charge on any atom is -0.298 e. The van der Waals surface area contributed by atoms with Gasteiger partial charge in [-0.1, -0.05) is 42.5 Å². The first kappa shape index (κ1) is 18.7. The molecular weight excluding hydrogens is 356 g/mol. The third-order valence-electron chi connectivity index (χ3n) is 3.10. The molecule has 0 saturated carbocycles. The van der Waals surface area contributed by atoms with E-state index in [2.05, 4.69) is 16.2 Å². The van der Waals surface area contributed by atoms with Gasteiger partial charge in [0.15, 0.2) is 5.11 Å². The maximum Gasteiger partial charge on any atom is 0.282 e. The van der Waals surface area contributed by atoms with Crippen LogP contribution in [0.15, 0.2) is 60.7 Å². The van der Waals surface area contributed by atoms with E-state index in [9.17, 15) is 19.7 Å². The molecule has 8 nitrogen and oxygen atoms in total. The molecule has 26 heavy (non-hydrogen) atoms. The van der Waals surface area contributed by atoms with Crippen molar-refractivity contribution in [2.24, 2.45) is 0 Å². The molecule has 0 aromatic heterocycles. The number of thiocarbonyl (C=S) groups is 1. The lowest BCUT2D eigenvalue weighted by Gasteiger charge is -2.09. The summed E-state index contributed by atoms with van der Waals surface area (Å²) in [6.45, 7) is 0. The highest BCUT2D eigenvalue weighted by Gasteiger charge is 2.19. The van der Waals surface area contributed by atoms with Crippen LogP contribution in [0.3, 0.4) is 0 Å². The fourth-order valence-corrected chi connectivity index (χ4v) is 2.08. The molecule has 2 rings (SSSR count). The van der Waals surface area contributed by atoms with E-state index in [0.29, 0.717) is 0 Å². The van der Waals surface area contributed by atoms with Gasteiger partial charge in [0, 0.05) is 12.1 Å². The number of nitro groups is 1. The van der Waals surface area contributed by atoms with Gasteiger partial charge < -0.3 is 0 Å². The van der Waals surface area contributed by atoms with E-state index in [4.69, 9.17) is 12.2 Å². The molecule has 0 unspecified atom stereocenters. The van der Waals surface area contributed by atoms with Crippen molar-refractivity contribution in [3.8, 4) is 0 Å². The Bertz CT molecular complexity index is 868. The van der Waals surface area contributed by atoms with Crippen molar-refractivity contribution in [2.75, 3.05) is 0 Å². The number of nitrogens with zero attached hydrogens (tertiary/aromatic N) is 1. The average Bonchev–Trinajstić information content (AvgIpc) is 2.65. The van der Waals surface area contributed by atoms with E-state index in [1.807, 2.05) is 30.3 Å². The predicted octanol–water partition coefficient (Wildman–Crippen LogP) is 1.94. The number of carbonyl (C=O) groups is 2. The topological polar surface area (TPSA) is 113 Å². The minimum atomic E-state index is -0.756. The van der Waals surface area contributed by atoms with Crippen molar-refractivity contribution in [3.05, 3.63) is 81.9 Å². The van der Waals surface area contributed by atoms with Gasteiger partial charge in [-0.25, -0.2) is 0 Å². The largest absolute Gasteiger partial charge is 0.298 e. The van der Waals surface area contributed by atoms with Crippen molar-refractivity contribution < 1.29 is 14.5 Å². The van der Waals surface area contributed by atoms with Gasteiger partial charge in [0.05, 0.1) is 4.92 Å². The van der Waals surface area contributed by atoms with Gasteiger partial charge in [0.2, 0.25) is 5.91 Å². The number of rotatable bonds is 4. The van der Waals surface area contributed by atoms with Crippen LogP contribution in [0.1, 0.15) is 15.9 Å². The number of benzene rings is 2. The summed E-state index contributed by atoms with van der Waals surface area (Å²) in [5.41, 5.74) is 4.88. The quantitative estimate of drug-likeness (QED) is 0.328. The molecule has 0 fully saturated rings. The molecule has 0 bridgehead atoms. The van der Waals surface area contributed by atoms with Crippen molar-refractivity contribution in [1.29, 1.82) is 0 Å². The van der Waals surface area contributed by atoms with Crippen molar-refractivity contribution in [3.63, 3.8) is 0 Å². The van der Waals surface area contributed by atoms with Crippen LogP contribution in [0.2, 0.25) is 0 Å². The first-order chi connectivity index (χ1) is 12.5. The SMILES string of the molecule is O=C(/C=C/c1ccccc1)NC(=S)NNC(=O)c1ccccc1[N+](=O)[O-]. The van der Waals surface area contributed by atoms with Crippen LogP contribution in [-0.4, -0.2) is 21.9 Å². The second kappa shape index (κ2) is 9.04. The van der Waals surface area contributed by atoms with Crippen molar-refractivity contribution in [2.45, 2.75) is 0 Å². The van der Waals surface area contributed by atoms with Gasteiger partial charge >= 0.3 is 0 Å². The molecule has 2 aromatic rings. The molecule has 2 aromatic carbocycles. The zero-order valence-corrected chi connectivity index (χ0v) is 14.2. The van der Waals surface area contributed by atoms with Crippen LogP contribution in [-0.2, 0) is 4.79 Å². The number of hydrogen-bond donors (Lipinski definition) is 3. The predicted molar refractivity (Wildman–Crippen MR) is 99.9 cm³/mol.